The Morgan fingerprint density at radius 2 is 2.18 bits per heavy atom. The average Bonchev–Trinajstić information content (AvgIpc) is 2.92. The fourth-order valence-corrected chi connectivity index (χ4v) is 2.41. The number of rotatable bonds is 2. The third-order valence-corrected chi connectivity index (χ3v) is 3.59. The lowest BCUT2D eigenvalue weighted by Gasteiger charge is -2.18. The molecule has 1 aromatic carbocycles. The molecular formula is C11H10N6O4S. The van der Waals surface area contributed by atoms with Gasteiger partial charge in [-0.1, -0.05) is 17.8 Å². The maximum Gasteiger partial charge on any atom is 0.393 e. The topological polar surface area (TPSA) is 139 Å². The van der Waals surface area contributed by atoms with Crippen molar-refractivity contribution in [3.63, 3.8) is 0 Å². The SMILES string of the molecule is CSc1nc2n(n1)C(c1ccc(O)c(O)c1)C([N+](=O)[O-])=NN2. The zero-order chi connectivity index (χ0) is 15.9. The first-order valence-corrected chi connectivity index (χ1v) is 7.24. The van der Waals surface area contributed by atoms with Crippen LogP contribution in [0, 0.1) is 10.1 Å². The van der Waals surface area contributed by atoms with Gasteiger partial charge >= 0.3 is 5.84 Å². The molecule has 1 aromatic heterocycles. The van der Waals surface area contributed by atoms with Crippen LogP contribution in [0.5, 0.6) is 11.5 Å². The number of nitrogens with zero attached hydrogens (tertiary/aromatic N) is 5. The number of benzene rings is 1. The second-order valence-corrected chi connectivity index (χ2v) is 5.13. The minimum atomic E-state index is -0.967. The van der Waals surface area contributed by atoms with E-state index in [1.807, 2.05) is 0 Å². The van der Waals surface area contributed by atoms with Crippen LogP contribution in [0.15, 0.2) is 28.5 Å². The monoisotopic (exact) mass is 322 g/mol. The summed E-state index contributed by atoms with van der Waals surface area (Å²) in [5, 5.41) is 38.6. The van der Waals surface area contributed by atoms with Crippen LogP contribution in [0.4, 0.5) is 5.95 Å². The molecule has 2 aromatic rings. The molecule has 0 fully saturated rings. The first kappa shape index (κ1) is 14.1. The molecule has 0 spiro atoms. The molecule has 0 amide bonds. The molecule has 3 rings (SSSR count). The van der Waals surface area contributed by atoms with Crippen LogP contribution < -0.4 is 5.43 Å². The fourth-order valence-electron chi connectivity index (χ4n) is 2.07. The van der Waals surface area contributed by atoms with E-state index in [1.54, 1.807) is 6.26 Å². The van der Waals surface area contributed by atoms with Crippen LogP contribution in [-0.2, 0) is 0 Å². The first-order chi connectivity index (χ1) is 10.5. The zero-order valence-electron chi connectivity index (χ0n) is 11.2. The molecule has 2 heterocycles. The third kappa shape index (κ3) is 2.20. The molecule has 114 valence electrons. The summed E-state index contributed by atoms with van der Waals surface area (Å²) in [6.45, 7) is 0. The minimum absolute atomic E-state index is 0.257. The van der Waals surface area contributed by atoms with Gasteiger partial charge in [0.2, 0.25) is 5.16 Å². The number of hydrogen-bond donors (Lipinski definition) is 3. The molecular weight excluding hydrogens is 312 g/mol. The van der Waals surface area contributed by atoms with E-state index in [0.717, 1.165) is 0 Å². The molecule has 0 saturated carbocycles. The smallest absolute Gasteiger partial charge is 0.393 e. The first-order valence-electron chi connectivity index (χ1n) is 6.01. The van der Waals surface area contributed by atoms with E-state index in [4.69, 9.17) is 0 Å². The predicted molar refractivity (Wildman–Crippen MR) is 77.8 cm³/mol. The van der Waals surface area contributed by atoms with Crippen LogP contribution in [0.3, 0.4) is 0 Å². The molecule has 0 radical (unpaired) electrons. The molecule has 1 aliphatic heterocycles. The lowest BCUT2D eigenvalue weighted by atomic mass is 10.1. The van der Waals surface area contributed by atoms with Crippen molar-refractivity contribution in [2.75, 3.05) is 11.7 Å². The highest BCUT2D eigenvalue weighted by molar-refractivity contribution is 7.98. The molecule has 22 heavy (non-hydrogen) atoms. The second-order valence-electron chi connectivity index (χ2n) is 4.36. The van der Waals surface area contributed by atoms with Gasteiger partial charge in [-0.25, -0.2) is 4.68 Å². The van der Waals surface area contributed by atoms with Crippen LogP contribution >= 0.6 is 11.8 Å². The number of phenolic OH excluding ortho intramolecular Hbond substituents is 2. The normalized spacial score (nSPS) is 16.6. The number of hydrazone groups is 1. The number of nitrogens with one attached hydrogen (secondary N) is 1. The summed E-state index contributed by atoms with van der Waals surface area (Å²) in [5.74, 6) is -0.839. The number of amidine groups is 1. The Balaban J connectivity index is 2.16. The van der Waals surface area contributed by atoms with Gasteiger partial charge in [0.05, 0.1) is 5.10 Å². The van der Waals surface area contributed by atoms with E-state index in [2.05, 4.69) is 20.6 Å². The summed E-state index contributed by atoms with van der Waals surface area (Å²) < 4.78 is 1.32. The summed E-state index contributed by atoms with van der Waals surface area (Å²) in [5.41, 5.74) is 2.84. The van der Waals surface area contributed by atoms with Crippen molar-refractivity contribution in [2.24, 2.45) is 5.10 Å². The number of fused-ring (bicyclic) bond motifs is 1. The Morgan fingerprint density at radius 1 is 1.41 bits per heavy atom. The van der Waals surface area contributed by atoms with E-state index in [1.165, 1.54) is 34.6 Å². The number of nitro groups is 1. The molecule has 3 N–H and O–H groups in total. The van der Waals surface area contributed by atoms with Crippen molar-refractivity contribution in [3.8, 4) is 11.5 Å². The highest BCUT2D eigenvalue weighted by atomic mass is 32.2. The summed E-state index contributed by atoms with van der Waals surface area (Å²) >= 11 is 1.28. The zero-order valence-corrected chi connectivity index (χ0v) is 12.0. The van der Waals surface area contributed by atoms with Crippen molar-refractivity contribution in [2.45, 2.75) is 11.2 Å². The van der Waals surface area contributed by atoms with E-state index >= 15 is 0 Å². The number of thioether (sulfide) groups is 1. The van der Waals surface area contributed by atoms with Crippen LogP contribution in [0.2, 0.25) is 0 Å². The van der Waals surface area contributed by atoms with Crippen LogP contribution in [-0.4, -0.2) is 42.0 Å². The number of anilines is 1. The van der Waals surface area contributed by atoms with Gasteiger partial charge < -0.3 is 20.3 Å². The summed E-state index contributed by atoms with van der Waals surface area (Å²) in [4.78, 5) is 14.7. The van der Waals surface area contributed by atoms with Gasteiger partial charge in [-0.15, -0.1) is 10.5 Å². The Hall–Kier alpha value is -2.82. The van der Waals surface area contributed by atoms with Crippen molar-refractivity contribution < 1.29 is 15.1 Å². The predicted octanol–water partition coefficient (Wildman–Crippen LogP) is 1.02. The van der Waals surface area contributed by atoms with Gasteiger partial charge in [0.1, 0.15) is 0 Å². The van der Waals surface area contributed by atoms with E-state index in [-0.39, 0.29) is 17.4 Å². The van der Waals surface area contributed by atoms with Crippen molar-refractivity contribution in [3.05, 3.63) is 33.9 Å². The molecule has 0 aliphatic carbocycles. The molecule has 1 unspecified atom stereocenters. The Morgan fingerprint density at radius 3 is 2.82 bits per heavy atom. The van der Waals surface area contributed by atoms with Crippen molar-refractivity contribution in [1.82, 2.24) is 14.8 Å². The summed E-state index contributed by atoms with van der Waals surface area (Å²) in [6.07, 6.45) is 1.78. The Labute approximate surface area is 127 Å². The molecule has 0 bridgehead atoms. The standard InChI is InChI=1S/C11H10N6O4S/c1-22-11-12-10-14-13-9(17(20)21)8(16(10)15-11)5-2-3-6(18)7(19)4-5/h2-4,8,18-19H,1H3,(H,12,14,15). The van der Waals surface area contributed by atoms with E-state index in [9.17, 15) is 20.3 Å². The van der Waals surface area contributed by atoms with Crippen molar-refractivity contribution in [1.29, 1.82) is 0 Å². The molecule has 0 saturated heterocycles. The van der Waals surface area contributed by atoms with E-state index in [0.29, 0.717) is 10.7 Å². The third-order valence-electron chi connectivity index (χ3n) is 3.06. The highest BCUT2D eigenvalue weighted by Crippen LogP contribution is 2.33. The number of aromatic nitrogens is 3. The maximum atomic E-state index is 11.2. The summed E-state index contributed by atoms with van der Waals surface area (Å²) in [7, 11) is 0. The average molecular weight is 322 g/mol. The van der Waals surface area contributed by atoms with Gasteiger partial charge in [-0.2, -0.15) is 4.98 Å². The largest absolute Gasteiger partial charge is 0.504 e. The fraction of sp³-hybridized carbons (Fsp3) is 0.182. The van der Waals surface area contributed by atoms with E-state index < -0.39 is 16.8 Å². The van der Waals surface area contributed by atoms with Gasteiger partial charge in [-0.05, 0) is 28.9 Å². The lowest BCUT2D eigenvalue weighted by molar-refractivity contribution is -0.355. The van der Waals surface area contributed by atoms with Gasteiger partial charge in [-0.3, -0.25) is 0 Å². The summed E-state index contributed by atoms with van der Waals surface area (Å²) in [6, 6.07) is 2.96. The van der Waals surface area contributed by atoms with Gasteiger partial charge in [0.25, 0.3) is 5.95 Å². The molecule has 10 nitrogen and oxygen atoms in total. The molecule has 11 heteroatoms. The van der Waals surface area contributed by atoms with Crippen LogP contribution in [0.1, 0.15) is 11.6 Å². The van der Waals surface area contributed by atoms with Crippen LogP contribution in [0.25, 0.3) is 0 Å². The van der Waals surface area contributed by atoms with Crippen molar-refractivity contribution >= 4 is 23.5 Å². The Kier molecular flexibility index (Phi) is 3.33. The minimum Gasteiger partial charge on any atom is -0.504 e. The van der Waals surface area contributed by atoms with Gasteiger partial charge in [0.15, 0.2) is 17.5 Å². The second kappa shape index (κ2) is 5.18. The molecule has 1 atom stereocenters. The number of hydrogen-bond acceptors (Lipinski definition) is 9. The maximum absolute atomic E-state index is 11.2. The highest BCUT2D eigenvalue weighted by Gasteiger charge is 2.38. The van der Waals surface area contributed by atoms with Gasteiger partial charge in [0, 0.05) is 0 Å². The number of aromatic hydroxyl groups is 2. The lowest BCUT2D eigenvalue weighted by Crippen LogP contribution is -2.33. The molecule has 1 aliphatic rings. The Bertz CT molecular complexity index is 789. The number of phenols is 2. The quantitative estimate of drug-likeness (QED) is 0.322.